The Balaban J connectivity index is 1.91. The summed E-state index contributed by atoms with van der Waals surface area (Å²) in [5.74, 6) is 0.510. The predicted molar refractivity (Wildman–Crippen MR) is 120 cm³/mol. The number of H-pyrrole nitrogens is 2. The van der Waals surface area contributed by atoms with Gasteiger partial charge in [0.05, 0.1) is 17.1 Å². The Labute approximate surface area is 187 Å². The fourth-order valence-corrected chi connectivity index (χ4v) is 4.36. The minimum absolute atomic E-state index is 0.0405. The number of benzene rings is 1. The van der Waals surface area contributed by atoms with Crippen LogP contribution >= 0.6 is 0 Å². The van der Waals surface area contributed by atoms with Crippen molar-refractivity contribution in [3.8, 4) is 17.1 Å². The van der Waals surface area contributed by atoms with Crippen LogP contribution in [0.15, 0.2) is 39.0 Å². The van der Waals surface area contributed by atoms with E-state index in [4.69, 9.17) is 4.74 Å². The zero-order valence-corrected chi connectivity index (χ0v) is 18.9. The first-order valence-electron chi connectivity index (χ1n) is 10.1. The van der Waals surface area contributed by atoms with Crippen molar-refractivity contribution in [3.05, 3.63) is 45.4 Å². The average Bonchev–Trinajstić information content (AvgIpc) is 3.45. The third kappa shape index (κ3) is 4.00. The summed E-state index contributed by atoms with van der Waals surface area (Å²) in [6, 6.07) is 4.24. The molecule has 0 amide bonds. The number of rotatable bonds is 8. The highest BCUT2D eigenvalue weighted by molar-refractivity contribution is 7.92. The molecule has 0 radical (unpaired) electrons. The highest BCUT2D eigenvalue weighted by atomic mass is 32.2. The number of imidazole rings is 1. The molecule has 13 nitrogen and oxygen atoms in total. The molecule has 0 saturated heterocycles. The molecule has 14 heteroatoms. The second kappa shape index (κ2) is 8.54. The third-order valence-corrected chi connectivity index (χ3v) is 6.22. The van der Waals surface area contributed by atoms with Crippen molar-refractivity contribution >= 4 is 27.1 Å². The number of sulfonamides is 1. The molecule has 1 aromatic carbocycles. The SMILES string of the molecule is CCCn1c(=O)n(C)c(=O)c2[nH]c(-c3cc(S(=O)(=O)Nc4ncn[nH]4)ccc3OCC)nc21. The van der Waals surface area contributed by atoms with Crippen LogP contribution in [0.1, 0.15) is 20.3 Å². The molecule has 0 atom stereocenters. The lowest BCUT2D eigenvalue weighted by Gasteiger charge is -2.11. The Kier molecular flexibility index (Phi) is 5.76. The quantitative estimate of drug-likeness (QED) is 0.337. The molecule has 0 aliphatic heterocycles. The largest absolute Gasteiger partial charge is 0.493 e. The van der Waals surface area contributed by atoms with Gasteiger partial charge in [0.15, 0.2) is 5.65 Å². The lowest BCUT2D eigenvalue weighted by Crippen LogP contribution is -2.38. The lowest BCUT2D eigenvalue weighted by molar-refractivity contribution is 0.341. The molecular formula is C19H22N8O5S. The number of aromatic amines is 2. The van der Waals surface area contributed by atoms with E-state index in [1.54, 1.807) is 6.92 Å². The molecule has 0 saturated carbocycles. The molecule has 0 unspecified atom stereocenters. The van der Waals surface area contributed by atoms with Gasteiger partial charge in [0.25, 0.3) is 15.6 Å². The van der Waals surface area contributed by atoms with Gasteiger partial charge in [0.2, 0.25) is 5.95 Å². The summed E-state index contributed by atoms with van der Waals surface area (Å²) in [6.45, 7) is 4.37. The Morgan fingerprint density at radius 3 is 2.67 bits per heavy atom. The number of aromatic nitrogens is 7. The van der Waals surface area contributed by atoms with E-state index in [1.165, 1.54) is 36.1 Å². The predicted octanol–water partition coefficient (Wildman–Crippen LogP) is 0.818. The maximum absolute atomic E-state index is 12.8. The van der Waals surface area contributed by atoms with Crippen molar-refractivity contribution in [2.45, 2.75) is 31.7 Å². The van der Waals surface area contributed by atoms with Crippen molar-refractivity contribution in [2.75, 3.05) is 11.3 Å². The molecule has 3 aromatic heterocycles. The van der Waals surface area contributed by atoms with Gasteiger partial charge in [-0.05, 0) is 31.5 Å². The molecule has 174 valence electrons. The van der Waals surface area contributed by atoms with Gasteiger partial charge in [-0.2, -0.15) is 10.1 Å². The fraction of sp³-hybridized carbons (Fsp3) is 0.316. The molecule has 0 bridgehead atoms. The zero-order chi connectivity index (χ0) is 23.8. The Morgan fingerprint density at radius 1 is 1.21 bits per heavy atom. The van der Waals surface area contributed by atoms with Crippen LogP contribution in [0.4, 0.5) is 5.95 Å². The van der Waals surface area contributed by atoms with E-state index in [0.717, 1.165) is 4.57 Å². The van der Waals surface area contributed by atoms with Gasteiger partial charge in [-0.1, -0.05) is 6.92 Å². The number of anilines is 1. The van der Waals surface area contributed by atoms with Crippen molar-refractivity contribution < 1.29 is 13.2 Å². The number of nitrogens with one attached hydrogen (secondary N) is 3. The number of fused-ring (bicyclic) bond motifs is 1. The first kappa shape index (κ1) is 22.3. The van der Waals surface area contributed by atoms with E-state index in [1.807, 2.05) is 6.92 Å². The molecule has 33 heavy (non-hydrogen) atoms. The summed E-state index contributed by atoms with van der Waals surface area (Å²) < 4.78 is 36.0. The topological polar surface area (TPSA) is 170 Å². The normalized spacial score (nSPS) is 11.7. The van der Waals surface area contributed by atoms with Gasteiger partial charge in [-0.25, -0.2) is 28.0 Å². The minimum atomic E-state index is -4.02. The van der Waals surface area contributed by atoms with Crippen LogP contribution in [0.2, 0.25) is 0 Å². The third-order valence-electron chi connectivity index (χ3n) is 4.89. The van der Waals surface area contributed by atoms with Crippen LogP contribution in [-0.2, 0) is 23.6 Å². The van der Waals surface area contributed by atoms with Gasteiger partial charge < -0.3 is 9.72 Å². The van der Waals surface area contributed by atoms with Gasteiger partial charge in [0, 0.05) is 13.6 Å². The van der Waals surface area contributed by atoms with E-state index in [0.29, 0.717) is 30.9 Å². The first-order valence-corrected chi connectivity index (χ1v) is 11.6. The minimum Gasteiger partial charge on any atom is -0.493 e. The summed E-state index contributed by atoms with van der Waals surface area (Å²) in [5.41, 5.74) is -0.377. The molecule has 0 fully saturated rings. The van der Waals surface area contributed by atoms with Crippen LogP contribution in [0.5, 0.6) is 5.75 Å². The Hall–Kier alpha value is -3.94. The highest BCUT2D eigenvalue weighted by Crippen LogP contribution is 2.32. The first-order chi connectivity index (χ1) is 15.8. The summed E-state index contributed by atoms with van der Waals surface area (Å²) in [4.78, 5) is 36.4. The maximum atomic E-state index is 12.8. The number of nitrogens with zero attached hydrogens (tertiary/aromatic N) is 5. The van der Waals surface area contributed by atoms with Crippen molar-refractivity contribution in [3.63, 3.8) is 0 Å². The fourth-order valence-electron chi connectivity index (χ4n) is 3.37. The standard InChI is InChI=1S/C19H22N8O5S/c1-4-8-27-16-14(17(28)26(3)19(27)29)22-15(23-16)12-9-11(6-7-13(12)32-5-2)33(30,31)25-18-20-10-21-24-18/h6-7,9-10H,4-5,8H2,1-3H3,(H,22,23)(H2,20,21,24,25). The molecule has 0 spiro atoms. The highest BCUT2D eigenvalue weighted by Gasteiger charge is 2.22. The van der Waals surface area contributed by atoms with Gasteiger partial charge in [-0.3, -0.25) is 13.9 Å². The Morgan fingerprint density at radius 2 is 2.00 bits per heavy atom. The van der Waals surface area contributed by atoms with E-state index in [2.05, 4.69) is 29.9 Å². The van der Waals surface area contributed by atoms with Gasteiger partial charge >= 0.3 is 5.69 Å². The van der Waals surface area contributed by atoms with E-state index in [-0.39, 0.29) is 27.8 Å². The zero-order valence-electron chi connectivity index (χ0n) is 18.1. The molecule has 4 rings (SSSR count). The number of ether oxygens (including phenoxy) is 1. The van der Waals surface area contributed by atoms with Crippen LogP contribution in [0.3, 0.4) is 0 Å². The summed E-state index contributed by atoms with van der Waals surface area (Å²) in [5, 5.41) is 6.05. The van der Waals surface area contributed by atoms with E-state index >= 15 is 0 Å². The number of aryl methyl sites for hydroxylation is 1. The smallest absolute Gasteiger partial charge is 0.332 e. The maximum Gasteiger partial charge on any atom is 0.332 e. The van der Waals surface area contributed by atoms with Gasteiger partial charge in [-0.15, -0.1) is 0 Å². The molecule has 0 aliphatic rings. The molecular weight excluding hydrogens is 452 g/mol. The lowest BCUT2D eigenvalue weighted by atomic mass is 10.2. The van der Waals surface area contributed by atoms with Gasteiger partial charge in [0.1, 0.15) is 23.4 Å². The summed E-state index contributed by atoms with van der Waals surface area (Å²) >= 11 is 0. The van der Waals surface area contributed by atoms with Crippen LogP contribution in [0, 0.1) is 0 Å². The second-order valence-electron chi connectivity index (χ2n) is 7.11. The second-order valence-corrected chi connectivity index (χ2v) is 8.80. The Bertz CT molecular complexity index is 1530. The van der Waals surface area contributed by atoms with Crippen molar-refractivity contribution in [1.82, 2.24) is 34.3 Å². The summed E-state index contributed by atoms with van der Waals surface area (Å²) in [7, 11) is -2.62. The van der Waals surface area contributed by atoms with Crippen molar-refractivity contribution in [1.29, 1.82) is 0 Å². The number of hydrogen-bond acceptors (Lipinski definition) is 8. The van der Waals surface area contributed by atoms with E-state index in [9.17, 15) is 18.0 Å². The molecule has 3 heterocycles. The van der Waals surface area contributed by atoms with Crippen LogP contribution < -0.4 is 20.7 Å². The molecule has 4 aromatic rings. The molecule has 3 N–H and O–H groups in total. The number of hydrogen-bond donors (Lipinski definition) is 3. The van der Waals surface area contributed by atoms with E-state index < -0.39 is 21.3 Å². The average molecular weight is 475 g/mol. The van der Waals surface area contributed by atoms with Crippen LogP contribution in [-0.4, -0.2) is 49.3 Å². The van der Waals surface area contributed by atoms with Crippen LogP contribution in [0.25, 0.3) is 22.6 Å². The monoisotopic (exact) mass is 474 g/mol. The summed E-state index contributed by atoms with van der Waals surface area (Å²) in [6.07, 6.45) is 1.83. The van der Waals surface area contributed by atoms with Crippen molar-refractivity contribution in [2.24, 2.45) is 7.05 Å². The molecule has 0 aliphatic carbocycles.